The average Bonchev–Trinajstić information content (AvgIpc) is 2.72. The highest BCUT2D eigenvalue weighted by atomic mass is 16.2. The number of nitrogens with one attached hydrogen (secondary N) is 1. The molecule has 0 aliphatic carbocycles. The van der Waals surface area contributed by atoms with Crippen molar-refractivity contribution in [2.75, 3.05) is 0 Å². The molecule has 1 aliphatic heterocycles. The van der Waals surface area contributed by atoms with Gasteiger partial charge in [0.25, 0.3) is 5.91 Å². The van der Waals surface area contributed by atoms with Crippen molar-refractivity contribution in [1.29, 1.82) is 0 Å². The number of aryl methyl sites for hydroxylation is 1. The highest BCUT2D eigenvalue weighted by Crippen LogP contribution is 2.30. The van der Waals surface area contributed by atoms with Crippen LogP contribution in [-0.2, 0) is 11.3 Å². The number of benzene rings is 2. The molecule has 1 aliphatic rings. The Morgan fingerprint density at radius 2 is 1.87 bits per heavy atom. The van der Waals surface area contributed by atoms with Crippen LogP contribution in [0.4, 0.5) is 0 Å². The summed E-state index contributed by atoms with van der Waals surface area (Å²) in [6.45, 7) is 10.2. The number of hydrogen-bond donors (Lipinski definition) is 2. The van der Waals surface area contributed by atoms with Gasteiger partial charge in [0.05, 0.1) is 24.5 Å². The van der Waals surface area contributed by atoms with Gasteiger partial charge in [0.2, 0.25) is 5.91 Å². The van der Waals surface area contributed by atoms with Gasteiger partial charge in [-0.3, -0.25) is 14.5 Å². The summed E-state index contributed by atoms with van der Waals surface area (Å²) < 4.78 is 0. The Bertz CT molecular complexity index is 1000. The minimum Gasteiger partial charge on any atom is -0.369 e. The summed E-state index contributed by atoms with van der Waals surface area (Å²) in [5.41, 5.74) is 9.03. The maximum Gasteiger partial charge on any atom is 0.252 e. The summed E-state index contributed by atoms with van der Waals surface area (Å²) in [6.07, 6.45) is 0.319. The van der Waals surface area contributed by atoms with Crippen molar-refractivity contribution in [2.24, 2.45) is 16.6 Å². The van der Waals surface area contributed by atoms with Crippen LogP contribution in [0.15, 0.2) is 53.5 Å². The largest absolute Gasteiger partial charge is 0.369 e. The van der Waals surface area contributed by atoms with Gasteiger partial charge >= 0.3 is 0 Å². The third-order valence-corrected chi connectivity index (χ3v) is 6.23. The zero-order valence-electron chi connectivity index (χ0n) is 19.0. The monoisotopic (exact) mass is 420 g/mol. The van der Waals surface area contributed by atoms with Gasteiger partial charge in [0.15, 0.2) is 5.96 Å². The van der Waals surface area contributed by atoms with Gasteiger partial charge in [-0.25, -0.2) is 4.99 Å². The molecule has 2 aromatic rings. The van der Waals surface area contributed by atoms with Gasteiger partial charge in [0.1, 0.15) is 0 Å². The van der Waals surface area contributed by atoms with Crippen molar-refractivity contribution >= 4 is 17.8 Å². The van der Waals surface area contributed by atoms with Crippen LogP contribution in [0.25, 0.3) is 0 Å². The lowest BCUT2D eigenvalue weighted by molar-refractivity contribution is -0.130. The maximum absolute atomic E-state index is 12.9. The van der Waals surface area contributed by atoms with E-state index in [2.05, 4.69) is 10.3 Å². The molecule has 0 bridgehead atoms. The number of amides is 2. The van der Waals surface area contributed by atoms with Crippen LogP contribution in [0.5, 0.6) is 0 Å². The van der Waals surface area contributed by atoms with E-state index in [9.17, 15) is 9.59 Å². The lowest BCUT2D eigenvalue weighted by Gasteiger charge is -2.37. The molecule has 164 valence electrons. The standard InChI is InChI=1S/C25H32N4O2/c1-16(2)25(5)14-22(30)29(24(26)28-25)15-19-12-11-17(3)21(13-19)23(31)27-18(4)20-9-7-6-8-10-20/h6-13,16,18H,14-15H2,1-5H3,(H2,26,28)(H,27,31). The number of carbonyl (C=O) groups excluding carboxylic acids is 2. The highest BCUT2D eigenvalue weighted by Gasteiger charge is 2.38. The molecule has 2 amide bonds. The molecule has 0 aromatic heterocycles. The summed E-state index contributed by atoms with van der Waals surface area (Å²) in [6, 6.07) is 15.4. The van der Waals surface area contributed by atoms with Crippen molar-refractivity contribution in [3.8, 4) is 0 Å². The molecule has 31 heavy (non-hydrogen) atoms. The summed E-state index contributed by atoms with van der Waals surface area (Å²) in [7, 11) is 0. The molecular formula is C25H32N4O2. The Morgan fingerprint density at radius 3 is 2.48 bits per heavy atom. The fourth-order valence-electron chi connectivity index (χ4n) is 3.69. The molecule has 0 radical (unpaired) electrons. The Labute approximate surface area is 184 Å². The zero-order valence-corrected chi connectivity index (χ0v) is 19.0. The minimum atomic E-state index is -0.483. The van der Waals surface area contributed by atoms with E-state index in [1.54, 1.807) is 0 Å². The molecule has 2 unspecified atom stereocenters. The summed E-state index contributed by atoms with van der Waals surface area (Å²) in [5.74, 6) is 0.248. The molecule has 3 N–H and O–H groups in total. The van der Waals surface area contributed by atoms with Gasteiger partial charge in [-0.2, -0.15) is 0 Å². The first-order valence-electron chi connectivity index (χ1n) is 10.7. The highest BCUT2D eigenvalue weighted by molar-refractivity contribution is 5.99. The van der Waals surface area contributed by atoms with E-state index >= 15 is 0 Å². The molecule has 3 rings (SSSR count). The molecule has 0 saturated carbocycles. The van der Waals surface area contributed by atoms with E-state index in [1.807, 2.05) is 83.1 Å². The van der Waals surface area contributed by atoms with Gasteiger partial charge in [-0.05, 0) is 49.4 Å². The van der Waals surface area contributed by atoms with E-state index in [-0.39, 0.29) is 36.3 Å². The van der Waals surface area contributed by atoms with Gasteiger partial charge in [0, 0.05) is 5.56 Å². The van der Waals surface area contributed by atoms with E-state index in [1.165, 1.54) is 4.90 Å². The quantitative estimate of drug-likeness (QED) is 0.742. The minimum absolute atomic E-state index is 0.0482. The predicted octanol–water partition coefficient (Wildman–Crippen LogP) is 3.95. The Balaban J connectivity index is 1.78. The van der Waals surface area contributed by atoms with Crippen molar-refractivity contribution in [2.45, 2.75) is 59.2 Å². The Kier molecular flexibility index (Phi) is 6.48. The SMILES string of the molecule is Cc1ccc(CN2C(=O)CC(C)(C(C)C)N=C2N)cc1C(=O)NC(C)c1ccccc1. The third-order valence-electron chi connectivity index (χ3n) is 6.23. The first kappa shape index (κ1) is 22.5. The van der Waals surface area contributed by atoms with Gasteiger partial charge in [-0.15, -0.1) is 0 Å². The number of nitrogens with two attached hydrogens (primary N) is 1. The average molecular weight is 421 g/mol. The first-order chi connectivity index (χ1) is 14.6. The summed E-state index contributed by atoms with van der Waals surface area (Å²) in [5, 5.41) is 3.06. The fourth-order valence-corrected chi connectivity index (χ4v) is 3.69. The number of guanidine groups is 1. The first-order valence-corrected chi connectivity index (χ1v) is 10.7. The maximum atomic E-state index is 12.9. The van der Waals surface area contributed by atoms with Crippen LogP contribution in [0.2, 0.25) is 0 Å². The van der Waals surface area contributed by atoms with E-state index < -0.39 is 5.54 Å². The molecule has 6 nitrogen and oxygen atoms in total. The van der Waals surface area contributed by atoms with Crippen LogP contribution in [0.3, 0.4) is 0 Å². The van der Waals surface area contributed by atoms with Gasteiger partial charge < -0.3 is 11.1 Å². The van der Waals surface area contributed by atoms with E-state index in [4.69, 9.17) is 5.73 Å². The summed E-state index contributed by atoms with van der Waals surface area (Å²) >= 11 is 0. The van der Waals surface area contributed by atoms with Crippen LogP contribution >= 0.6 is 0 Å². The Morgan fingerprint density at radius 1 is 1.19 bits per heavy atom. The molecule has 1 heterocycles. The van der Waals surface area contributed by atoms with Crippen molar-refractivity contribution < 1.29 is 9.59 Å². The van der Waals surface area contributed by atoms with Crippen LogP contribution in [0, 0.1) is 12.8 Å². The molecule has 0 spiro atoms. The number of aliphatic imine (C=N–C) groups is 1. The van der Waals surface area contributed by atoms with Crippen LogP contribution < -0.4 is 11.1 Å². The van der Waals surface area contributed by atoms with E-state index in [0.29, 0.717) is 12.0 Å². The second-order valence-corrected chi connectivity index (χ2v) is 8.89. The topological polar surface area (TPSA) is 87.8 Å². The molecule has 0 saturated heterocycles. The Hall–Kier alpha value is -3.15. The van der Waals surface area contributed by atoms with Crippen molar-refractivity contribution in [3.05, 3.63) is 70.8 Å². The molecule has 2 atom stereocenters. The number of carbonyl (C=O) groups is 2. The van der Waals surface area contributed by atoms with Crippen molar-refractivity contribution in [1.82, 2.24) is 10.2 Å². The van der Waals surface area contributed by atoms with E-state index in [0.717, 1.165) is 16.7 Å². The number of rotatable bonds is 6. The zero-order chi connectivity index (χ0) is 22.8. The second-order valence-electron chi connectivity index (χ2n) is 8.89. The number of nitrogens with zero attached hydrogens (tertiary/aromatic N) is 2. The molecule has 0 fully saturated rings. The molecule has 6 heteroatoms. The normalized spacial score (nSPS) is 19.9. The number of hydrogen-bond acceptors (Lipinski definition) is 4. The smallest absolute Gasteiger partial charge is 0.252 e. The lowest BCUT2D eigenvalue weighted by atomic mass is 9.84. The van der Waals surface area contributed by atoms with Crippen LogP contribution in [-0.4, -0.2) is 28.2 Å². The summed E-state index contributed by atoms with van der Waals surface area (Å²) in [4.78, 5) is 31.9. The van der Waals surface area contributed by atoms with Crippen LogP contribution in [0.1, 0.15) is 67.2 Å². The lowest BCUT2D eigenvalue weighted by Crippen LogP contribution is -2.51. The fraction of sp³-hybridized carbons (Fsp3) is 0.400. The third kappa shape index (κ3) is 4.95. The second kappa shape index (κ2) is 8.92. The molecular weight excluding hydrogens is 388 g/mol. The van der Waals surface area contributed by atoms with Crippen molar-refractivity contribution in [3.63, 3.8) is 0 Å². The predicted molar refractivity (Wildman–Crippen MR) is 124 cm³/mol. The van der Waals surface area contributed by atoms with Gasteiger partial charge in [-0.1, -0.05) is 56.3 Å². The molecule has 2 aromatic carbocycles.